The van der Waals surface area contributed by atoms with Crippen LogP contribution in [0.3, 0.4) is 0 Å². The van der Waals surface area contributed by atoms with E-state index in [4.69, 9.17) is 16.0 Å². The fourth-order valence-electron chi connectivity index (χ4n) is 1.38. The smallest absolute Gasteiger partial charge is 0.291 e. The molecule has 0 fully saturated rings. The third kappa shape index (κ3) is 2.42. The highest BCUT2D eigenvalue weighted by atomic mass is 35.5. The average Bonchev–Trinajstić information content (AvgIpc) is 2.70. The number of hydrogen-bond acceptors (Lipinski definition) is 3. The number of hydrogen-bond donors (Lipinski definition) is 2. The van der Waals surface area contributed by atoms with Crippen molar-refractivity contribution in [1.29, 1.82) is 0 Å². The van der Waals surface area contributed by atoms with Crippen LogP contribution in [0.4, 0.5) is 5.69 Å². The van der Waals surface area contributed by atoms with Crippen LogP contribution in [0.15, 0.2) is 34.9 Å². The van der Waals surface area contributed by atoms with Crippen LogP contribution in [0.25, 0.3) is 0 Å². The number of aryl methyl sites for hydroxylation is 1. The Hall–Kier alpha value is -1.94. The SMILES string of the molecule is Cc1ccoc1C(=O)Nc1ccc(Cl)c(O)c1. The zero-order valence-corrected chi connectivity index (χ0v) is 9.78. The molecule has 2 N–H and O–H groups in total. The molecule has 0 aliphatic carbocycles. The van der Waals surface area contributed by atoms with Crippen LogP contribution in [-0.4, -0.2) is 11.0 Å². The van der Waals surface area contributed by atoms with Gasteiger partial charge >= 0.3 is 0 Å². The summed E-state index contributed by atoms with van der Waals surface area (Å²) in [7, 11) is 0. The minimum absolute atomic E-state index is 0.0827. The summed E-state index contributed by atoms with van der Waals surface area (Å²) in [5.74, 6) is -0.200. The maximum absolute atomic E-state index is 11.8. The van der Waals surface area contributed by atoms with Crippen molar-refractivity contribution >= 4 is 23.2 Å². The van der Waals surface area contributed by atoms with E-state index in [1.165, 1.54) is 18.4 Å². The van der Waals surface area contributed by atoms with Crippen LogP contribution < -0.4 is 5.32 Å². The Morgan fingerprint density at radius 2 is 2.18 bits per heavy atom. The molecule has 1 amide bonds. The number of anilines is 1. The summed E-state index contributed by atoms with van der Waals surface area (Å²) in [6.07, 6.45) is 1.45. The van der Waals surface area contributed by atoms with E-state index in [-0.39, 0.29) is 22.4 Å². The van der Waals surface area contributed by atoms with Crippen molar-refractivity contribution in [2.45, 2.75) is 6.92 Å². The number of phenolic OH excluding ortho intramolecular Hbond substituents is 1. The number of carbonyl (C=O) groups is 1. The van der Waals surface area contributed by atoms with Gasteiger partial charge in [-0.25, -0.2) is 0 Å². The van der Waals surface area contributed by atoms with Gasteiger partial charge in [-0.05, 0) is 25.1 Å². The van der Waals surface area contributed by atoms with Crippen LogP contribution in [0.2, 0.25) is 5.02 Å². The summed E-state index contributed by atoms with van der Waals surface area (Å²) >= 11 is 5.66. The van der Waals surface area contributed by atoms with E-state index in [0.29, 0.717) is 5.69 Å². The zero-order chi connectivity index (χ0) is 12.4. The lowest BCUT2D eigenvalue weighted by Crippen LogP contribution is -2.11. The molecule has 0 bridgehead atoms. The van der Waals surface area contributed by atoms with Gasteiger partial charge in [0.05, 0.1) is 11.3 Å². The van der Waals surface area contributed by atoms with Crippen molar-refractivity contribution in [3.8, 4) is 5.75 Å². The number of furan rings is 1. The normalized spacial score (nSPS) is 10.2. The quantitative estimate of drug-likeness (QED) is 0.862. The van der Waals surface area contributed by atoms with Gasteiger partial charge in [0.25, 0.3) is 5.91 Å². The summed E-state index contributed by atoms with van der Waals surface area (Å²) < 4.78 is 5.05. The predicted molar refractivity (Wildman–Crippen MR) is 64.5 cm³/mol. The first-order chi connectivity index (χ1) is 8.08. The topological polar surface area (TPSA) is 62.5 Å². The van der Waals surface area contributed by atoms with Gasteiger partial charge in [-0.1, -0.05) is 11.6 Å². The summed E-state index contributed by atoms with van der Waals surface area (Å²) in [5.41, 5.74) is 1.20. The summed E-state index contributed by atoms with van der Waals surface area (Å²) in [6.45, 7) is 1.78. The van der Waals surface area contributed by atoms with E-state index < -0.39 is 0 Å². The van der Waals surface area contributed by atoms with Crippen molar-refractivity contribution < 1.29 is 14.3 Å². The van der Waals surface area contributed by atoms with Gasteiger partial charge in [-0.2, -0.15) is 0 Å². The molecule has 4 nitrogen and oxygen atoms in total. The van der Waals surface area contributed by atoms with E-state index in [9.17, 15) is 9.90 Å². The summed E-state index contributed by atoms with van der Waals surface area (Å²) in [4.78, 5) is 11.8. The Morgan fingerprint density at radius 3 is 2.76 bits per heavy atom. The average molecular weight is 252 g/mol. The van der Waals surface area contributed by atoms with Crippen molar-refractivity contribution in [2.24, 2.45) is 0 Å². The highest BCUT2D eigenvalue weighted by molar-refractivity contribution is 6.32. The first kappa shape index (κ1) is 11.5. The molecule has 0 saturated carbocycles. The van der Waals surface area contributed by atoms with Gasteiger partial charge in [0, 0.05) is 17.3 Å². The lowest BCUT2D eigenvalue weighted by atomic mass is 10.2. The van der Waals surface area contributed by atoms with Gasteiger partial charge < -0.3 is 14.8 Å². The molecule has 88 valence electrons. The molecule has 5 heteroatoms. The van der Waals surface area contributed by atoms with Crippen molar-refractivity contribution in [3.05, 3.63) is 46.9 Å². The molecule has 0 aliphatic rings. The van der Waals surface area contributed by atoms with Gasteiger partial charge in [-0.3, -0.25) is 4.79 Å². The maximum atomic E-state index is 11.8. The van der Waals surface area contributed by atoms with Gasteiger partial charge in [0.1, 0.15) is 5.75 Å². The highest BCUT2D eigenvalue weighted by Crippen LogP contribution is 2.26. The second kappa shape index (κ2) is 4.51. The monoisotopic (exact) mass is 251 g/mol. The molecule has 0 radical (unpaired) electrons. The largest absolute Gasteiger partial charge is 0.506 e. The fraction of sp³-hybridized carbons (Fsp3) is 0.0833. The standard InChI is InChI=1S/C12H10ClNO3/c1-7-4-5-17-11(7)12(16)14-8-2-3-9(13)10(15)6-8/h2-6,15H,1H3,(H,14,16). The zero-order valence-electron chi connectivity index (χ0n) is 9.03. The Bertz CT molecular complexity index is 563. The molecule has 1 heterocycles. The molecule has 1 aromatic carbocycles. The van der Waals surface area contributed by atoms with Crippen LogP contribution in [0.5, 0.6) is 5.75 Å². The van der Waals surface area contributed by atoms with Crippen molar-refractivity contribution in [2.75, 3.05) is 5.32 Å². The molecule has 0 unspecified atom stereocenters. The number of phenols is 1. The Kier molecular flexibility index (Phi) is 3.06. The molecule has 1 aromatic heterocycles. The third-order valence-electron chi connectivity index (χ3n) is 2.27. The van der Waals surface area contributed by atoms with E-state index in [2.05, 4.69) is 5.32 Å². The second-order valence-electron chi connectivity index (χ2n) is 3.55. The van der Waals surface area contributed by atoms with E-state index in [1.807, 2.05) is 0 Å². The molecular formula is C12H10ClNO3. The van der Waals surface area contributed by atoms with Crippen LogP contribution in [-0.2, 0) is 0 Å². The van der Waals surface area contributed by atoms with Crippen molar-refractivity contribution in [1.82, 2.24) is 0 Å². The van der Waals surface area contributed by atoms with E-state index in [1.54, 1.807) is 19.1 Å². The number of rotatable bonds is 2. The van der Waals surface area contributed by atoms with E-state index in [0.717, 1.165) is 5.56 Å². The summed E-state index contributed by atoms with van der Waals surface area (Å²) in [5, 5.41) is 12.2. The number of amides is 1. The van der Waals surface area contributed by atoms with Crippen molar-refractivity contribution in [3.63, 3.8) is 0 Å². The van der Waals surface area contributed by atoms with E-state index >= 15 is 0 Å². The van der Waals surface area contributed by atoms with Crippen LogP contribution in [0.1, 0.15) is 16.1 Å². The Morgan fingerprint density at radius 1 is 1.41 bits per heavy atom. The summed E-state index contributed by atoms with van der Waals surface area (Å²) in [6, 6.07) is 6.17. The molecular weight excluding hydrogens is 242 g/mol. The highest BCUT2D eigenvalue weighted by Gasteiger charge is 2.13. The second-order valence-corrected chi connectivity index (χ2v) is 3.96. The lowest BCUT2D eigenvalue weighted by Gasteiger charge is -2.05. The molecule has 0 spiro atoms. The number of aromatic hydroxyl groups is 1. The lowest BCUT2D eigenvalue weighted by molar-refractivity contribution is 0.0996. The molecule has 17 heavy (non-hydrogen) atoms. The maximum Gasteiger partial charge on any atom is 0.291 e. The number of benzene rings is 1. The predicted octanol–water partition coefficient (Wildman–Crippen LogP) is 3.20. The van der Waals surface area contributed by atoms with Crippen LogP contribution in [0, 0.1) is 6.92 Å². The molecule has 0 atom stereocenters. The molecule has 2 aromatic rings. The third-order valence-corrected chi connectivity index (χ3v) is 2.59. The Balaban J connectivity index is 2.19. The first-order valence-electron chi connectivity index (χ1n) is 4.92. The number of halogens is 1. The fourth-order valence-corrected chi connectivity index (χ4v) is 1.50. The molecule has 2 rings (SSSR count). The van der Waals surface area contributed by atoms with Gasteiger partial charge in [0.15, 0.2) is 5.76 Å². The molecule has 0 aliphatic heterocycles. The van der Waals surface area contributed by atoms with Gasteiger partial charge in [-0.15, -0.1) is 0 Å². The molecule has 0 saturated heterocycles. The Labute approximate surface area is 103 Å². The minimum Gasteiger partial charge on any atom is -0.506 e. The van der Waals surface area contributed by atoms with Gasteiger partial charge in [0.2, 0.25) is 0 Å². The first-order valence-corrected chi connectivity index (χ1v) is 5.29. The minimum atomic E-state index is -0.366. The van der Waals surface area contributed by atoms with Crippen LogP contribution >= 0.6 is 11.6 Å². The number of carbonyl (C=O) groups excluding carboxylic acids is 1. The number of nitrogens with one attached hydrogen (secondary N) is 1.